The van der Waals surface area contributed by atoms with Gasteiger partial charge in [-0.1, -0.05) is 24.3 Å². The smallest absolute Gasteiger partial charge is 0.191 e. The van der Waals surface area contributed by atoms with Crippen molar-refractivity contribution < 1.29 is 4.74 Å². The fourth-order valence-corrected chi connectivity index (χ4v) is 2.67. The summed E-state index contributed by atoms with van der Waals surface area (Å²) < 4.78 is 7.77. The molecule has 1 aromatic carbocycles. The Kier molecular flexibility index (Phi) is 6.62. The molecule has 7 heteroatoms. The minimum absolute atomic E-state index is 0.459. The average molecular weight is 366 g/mol. The Morgan fingerprint density at radius 3 is 2.81 bits per heavy atom. The Morgan fingerprint density at radius 1 is 1.11 bits per heavy atom. The van der Waals surface area contributed by atoms with E-state index in [-0.39, 0.29) is 0 Å². The molecule has 0 bridgehead atoms. The van der Waals surface area contributed by atoms with Crippen molar-refractivity contribution in [3.63, 3.8) is 0 Å². The van der Waals surface area contributed by atoms with Crippen LogP contribution in [0.15, 0.2) is 53.7 Å². The van der Waals surface area contributed by atoms with Crippen LogP contribution in [-0.4, -0.2) is 40.3 Å². The van der Waals surface area contributed by atoms with Crippen molar-refractivity contribution in [1.82, 2.24) is 25.2 Å². The minimum Gasteiger partial charge on any atom is -0.493 e. The second-order valence-electron chi connectivity index (χ2n) is 6.13. The van der Waals surface area contributed by atoms with Crippen molar-refractivity contribution in [2.24, 2.45) is 4.99 Å². The first-order chi connectivity index (χ1) is 13.3. The van der Waals surface area contributed by atoms with Gasteiger partial charge in [-0.25, -0.2) is 4.99 Å². The van der Waals surface area contributed by atoms with Crippen LogP contribution < -0.4 is 15.4 Å². The molecule has 0 aliphatic rings. The van der Waals surface area contributed by atoms with E-state index in [9.17, 15) is 0 Å². The highest BCUT2D eigenvalue weighted by molar-refractivity contribution is 5.79. The van der Waals surface area contributed by atoms with Crippen LogP contribution >= 0.6 is 0 Å². The van der Waals surface area contributed by atoms with Gasteiger partial charge in [0, 0.05) is 19.3 Å². The number of ether oxygens (including phenoxy) is 1. The van der Waals surface area contributed by atoms with E-state index >= 15 is 0 Å². The number of aromatic nitrogens is 3. The fraction of sp³-hybridized carbons (Fsp3) is 0.350. The highest BCUT2D eigenvalue weighted by Crippen LogP contribution is 2.15. The van der Waals surface area contributed by atoms with E-state index in [2.05, 4.69) is 38.8 Å². The van der Waals surface area contributed by atoms with E-state index in [0.29, 0.717) is 13.2 Å². The molecule has 0 saturated carbocycles. The van der Waals surface area contributed by atoms with E-state index in [0.717, 1.165) is 48.3 Å². The first-order valence-electron chi connectivity index (χ1n) is 9.27. The van der Waals surface area contributed by atoms with E-state index in [1.165, 1.54) is 0 Å². The number of hydrogen-bond donors (Lipinski definition) is 2. The standard InChI is InChI=1S/C20H26N6O/c1-3-21-20(22-12-8-14-27-17-10-5-4-9-16(17)2)23-15-19-25-24-18-11-6-7-13-26(18)19/h4-7,9-11,13H,3,8,12,14-15H2,1-2H3,(H2,21,22,23). The zero-order valence-corrected chi connectivity index (χ0v) is 15.9. The third-order valence-electron chi connectivity index (χ3n) is 4.07. The Hall–Kier alpha value is -3.09. The molecule has 3 rings (SSSR count). The van der Waals surface area contributed by atoms with Gasteiger partial charge in [-0.05, 0) is 44.0 Å². The van der Waals surface area contributed by atoms with Gasteiger partial charge in [0.15, 0.2) is 17.4 Å². The summed E-state index contributed by atoms with van der Waals surface area (Å²) in [6.07, 6.45) is 2.83. The molecule has 3 aromatic rings. The van der Waals surface area contributed by atoms with Crippen molar-refractivity contribution in [2.75, 3.05) is 19.7 Å². The Balaban J connectivity index is 1.48. The molecule has 2 heterocycles. The number of aryl methyl sites for hydroxylation is 1. The molecule has 0 radical (unpaired) electrons. The quantitative estimate of drug-likeness (QED) is 0.364. The molecule has 27 heavy (non-hydrogen) atoms. The van der Waals surface area contributed by atoms with Crippen LogP contribution in [0.25, 0.3) is 5.65 Å². The van der Waals surface area contributed by atoms with Gasteiger partial charge in [0.05, 0.1) is 6.61 Å². The van der Waals surface area contributed by atoms with Crippen molar-refractivity contribution in [3.05, 3.63) is 60.0 Å². The van der Waals surface area contributed by atoms with E-state index in [1.807, 2.05) is 53.9 Å². The van der Waals surface area contributed by atoms with Crippen molar-refractivity contribution in [1.29, 1.82) is 0 Å². The highest BCUT2D eigenvalue weighted by Gasteiger charge is 2.04. The highest BCUT2D eigenvalue weighted by atomic mass is 16.5. The van der Waals surface area contributed by atoms with Crippen LogP contribution in [0.1, 0.15) is 24.7 Å². The summed E-state index contributed by atoms with van der Waals surface area (Å²) >= 11 is 0. The molecule has 0 atom stereocenters. The van der Waals surface area contributed by atoms with Crippen LogP contribution in [0.4, 0.5) is 0 Å². The van der Waals surface area contributed by atoms with E-state index < -0.39 is 0 Å². The maximum atomic E-state index is 5.82. The SMILES string of the molecule is CCNC(=NCc1nnc2ccccn12)NCCCOc1ccccc1C. The molecule has 0 spiro atoms. The topological polar surface area (TPSA) is 75.8 Å². The van der Waals surface area contributed by atoms with Crippen molar-refractivity contribution in [3.8, 4) is 5.75 Å². The summed E-state index contributed by atoms with van der Waals surface area (Å²) in [6.45, 7) is 6.79. The van der Waals surface area contributed by atoms with Crippen LogP contribution in [0.5, 0.6) is 5.75 Å². The zero-order valence-electron chi connectivity index (χ0n) is 15.9. The van der Waals surface area contributed by atoms with E-state index in [1.54, 1.807) is 0 Å². The Labute approximate surface area is 159 Å². The summed E-state index contributed by atoms with van der Waals surface area (Å²) in [6, 6.07) is 13.9. The van der Waals surface area contributed by atoms with Crippen molar-refractivity contribution >= 4 is 11.6 Å². The van der Waals surface area contributed by atoms with Crippen LogP contribution in [0.3, 0.4) is 0 Å². The molecule has 2 N–H and O–H groups in total. The maximum absolute atomic E-state index is 5.82. The molecular formula is C20H26N6O. The summed E-state index contributed by atoms with van der Waals surface area (Å²) in [7, 11) is 0. The number of rotatable bonds is 8. The van der Waals surface area contributed by atoms with Crippen LogP contribution in [-0.2, 0) is 6.54 Å². The van der Waals surface area contributed by atoms with Gasteiger partial charge in [0.1, 0.15) is 12.3 Å². The van der Waals surface area contributed by atoms with Gasteiger partial charge in [-0.2, -0.15) is 0 Å². The molecular weight excluding hydrogens is 340 g/mol. The predicted octanol–water partition coefficient (Wildman–Crippen LogP) is 2.56. The normalized spacial score (nSPS) is 11.6. The van der Waals surface area contributed by atoms with E-state index in [4.69, 9.17) is 4.74 Å². The lowest BCUT2D eigenvalue weighted by molar-refractivity contribution is 0.309. The largest absolute Gasteiger partial charge is 0.493 e. The third-order valence-corrected chi connectivity index (χ3v) is 4.07. The second-order valence-corrected chi connectivity index (χ2v) is 6.13. The molecule has 0 saturated heterocycles. The maximum Gasteiger partial charge on any atom is 0.191 e. The first-order valence-corrected chi connectivity index (χ1v) is 9.27. The number of hydrogen-bond acceptors (Lipinski definition) is 4. The molecule has 0 fully saturated rings. The Bertz CT molecular complexity index is 889. The predicted molar refractivity (Wildman–Crippen MR) is 107 cm³/mol. The lowest BCUT2D eigenvalue weighted by Crippen LogP contribution is -2.38. The lowest BCUT2D eigenvalue weighted by Gasteiger charge is -2.12. The number of pyridine rings is 1. The monoisotopic (exact) mass is 366 g/mol. The number of nitrogens with one attached hydrogen (secondary N) is 2. The molecule has 0 aliphatic heterocycles. The average Bonchev–Trinajstić information content (AvgIpc) is 3.10. The summed E-state index contributed by atoms with van der Waals surface area (Å²) in [5.74, 6) is 2.52. The Morgan fingerprint density at radius 2 is 1.96 bits per heavy atom. The second kappa shape index (κ2) is 9.56. The molecule has 0 unspecified atom stereocenters. The third kappa shape index (κ3) is 5.20. The van der Waals surface area contributed by atoms with Crippen LogP contribution in [0, 0.1) is 6.92 Å². The van der Waals surface area contributed by atoms with Gasteiger partial charge in [0.25, 0.3) is 0 Å². The number of benzene rings is 1. The minimum atomic E-state index is 0.459. The van der Waals surface area contributed by atoms with Gasteiger partial charge >= 0.3 is 0 Å². The van der Waals surface area contributed by atoms with Gasteiger partial charge in [-0.3, -0.25) is 4.40 Å². The number of fused-ring (bicyclic) bond motifs is 1. The fourth-order valence-electron chi connectivity index (χ4n) is 2.67. The number of aliphatic imine (C=N–C) groups is 1. The number of nitrogens with zero attached hydrogens (tertiary/aromatic N) is 4. The summed E-state index contributed by atoms with van der Waals surface area (Å²) in [4.78, 5) is 4.61. The molecule has 2 aromatic heterocycles. The molecule has 7 nitrogen and oxygen atoms in total. The molecule has 0 amide bonds. The zero-order chi connectivity index (χ0) is 18.9. The first kappa shape index (κ1) is 18.7. The molecule has 142 valence electrons. The number of guanidine groups is 1. The lowest BCUT2D eigenvalue weighted by atomic mass is 10.2. The van der Waals surface area contributed by atoms with Crippen molar-refractivity contribution in [2.45, 2.75) is 26.8 Å². The molecule has 0 aliphatic carbocycles. The summed E-state index contributed by atoms with van der Waals surface area (Å²) in [5, 5.41) is 14.9. The van der Waals surface area contributed by atoms with Crippen LogP contribution in [0.2, 0.25) is 0 Å². The van der Waals surface area contributed by atoms with Gasteiger partial charge in [-0.15, -0.1) is 10.2 Å². The van der Waals surface area contributed by atoms with Gasteiger partial charge < -0.3 is 15.4 Å². The summed E-state index contributed by atoms with van der Waals surface area (Å²) in [5.41, 5.74) is 1.98. The van der Waals surface area contributed by atoms with Gasteiger partial charge in [0.2, 0.25) is 0 Å². The number of para-hydroxylation sites is 1.